The summed E-state index contributed by atoms with van der Waals surface area (Å²) >= 11 is 2.08. The smallest absolute Gasteiger partial charge is 0.191 e. The molecule has 1 heterocycles. The van der Waals surface area contributed by atoms with E-state index < -0.39 is 0 Å². The van der Waals surface area contributed by atoms with Gasteiger partial charge in [-0.3, -0.25) is 4.99 Å². The standard InChI is InChI=1S/C15H32N4S/c1-6-16-14(17-10-13-8-7-9-20-13)18-11-15(2,3)12-19(4)5/h13H,6-12H2,1-5H3,(H2,16,17,18). The van der Waals surface area contributed by atoms with E-state index in [1.807, 2.05) is 0 Å². The highest BCUT2D eigenvalue weighted by atomic mass is 32.2. The van der Waals surface area contributed by atoms with Gasteiger partial charge in [-0.2, -0.15) is 11.8 Å². The summed E-state index contributed by atoms with van der Waals surface area (Å²) in [6.45, 7) is 10.5. The lowest BCUT2D eigenvalue weighted by Gasteiger charge is -2.27. The number of hydrogen-bond donors (Lipinski definition) is 2. The lowest BCUT2D eigenvalue weighted by molar-refractivity contribution is 0.248. The topological polar surface area (TPSA) is 39.7 Å². The van der Waals surface area contributed by atoms with Crippen LogP contribution in [0.4, 0.5) is 0 Å². The molecule has 1 saturated heterocycles. The van der Waals surface area contributed by atoms with Crippen LogP contribution in [0.25, 0.3) is 0 Å². The Morgan fingerprint density at radius 3 is 2.65 bits per heavy atom. The molecule has 0 aromatic heterocycles. The second kappa shape index (κ2) is 8.78. The lowest BCUT2D eigenvalue weighted by atomic mass is 9.93. The fourth-order valence-corrected chi connectivity index (χ4v) is 3.76. The van der Waals surface area contributed by atoms with Crippen LogP contribution < -0.4 is 10.6 Å². The average molecular weight is 301 g/mol. The molecule has 1 rings (SSSR count). The van der Waals surface area contributed by atoms with Crippen LogP contribution in [0.2, 0.25) is 0 Å². The van der Waals surface area contributed by atoms with Crippen LogP contribution in [0.3, 0.4) is 0 Å². The van der Waals surface area contributed by atoms with Crippen molar-refractivity contribution in [1.82, 2.24) is 15.5 Å². The van der Waals surface area contributed by atoms with E-state index in [4.69, 9.17) is 4.99 Å². The number of aliphatic imine (C=N–C) groups is 1. The highest BCUT2D eigenvalue weighted by Crippen LogP contribution is 2.25. The van der Waals surface area contributed by atoms with Crippen LogP contribution in [-0.2, 0) is 0 Å². The maximum atomic E-state index is 4.76. The van der Waals surface area contributed by atoms with Crippen molar-refractivity contribution < 1.29 is 0 Å². The molecule has 0 bridgehead atoms. The first kappa shape index (κ1) is 17.6. The maximum Gasteiger partial charge on any atom is 0.191 e. The van der Waals surface area contributed by atoms with E-state index >= 15 is 0 Å². The van der Waals surface area contributed by atoms with E-state index in [2.05, 4.69) is 62.2 Å². The molecule has 1 aliphatic heterocycles. The Morgan fingerprint density at radius 2 is 2.10 bits per heavy atom. The van der Waals surface area contributed by atoms with Crippen molar-refractivity contribution in [2.45, 2.75) is 38.9 Å². The van der Waals surface area contributed by atoms with Crippen LogP contribution in [0.1, 0.15) is 33.6 Å². The zero-order chi connectivity index (χ0) is 15.0. The Labute approximate surface area is 129 Å². The zero-order valence-corrected chi connectivity index (χ0v) is 14.6. The summed E-state index contributed by atoms with van der Waals surface area (Å²) in [5.41, 5.74) is 0.202. The molecule has 118 valence electrons. The summed E-state index contributed by atoms with van der Waals surface area (Å²) in [6, 6.07) is 0. The van der Waals surface area contributed by atoms with E-state index in [1.54, 1.807) is 0 Å². The Kier molecular flexibility index (Phi) is 7.74. The Hall–Kier alpha value is -0.420. The fraction of sp³-hybridized carbons (Fsp3) is 0.933. The van der Waals surface area contributed by atoms with Crippen LogP contribution in [0.5, 0.6) is 0 Å². The SMILES string of the molecule is CCNC(=NCC(C)(C)CN(C)C)NCC1CCCS1. The van der Waals surface area contributed by atoms with Crippen molar-refractivity contribution in [3.05, 3.63) is 0 Å². The van der Waals surface area contributed by atoms with Gasteiger partial charge in [-0.1, -0.05) is 13.8 Å². The molecular weight excluding hydrogens is 268 g/mol. The molecule has 0 aliphatic carbocycles. The van der Waals surface area contributed by atoms with Crippen LogP contribution in [0.15, 0.2) is 4.99 Å². The van der Waals surface area contributed by atoms with Crippen molar-refractivity contribution in [1.29, 1.82) is 0 Å². The Balaban J connectivity index is 2.44. The van der Waals surface area contributed by atoms with Gasteiger partial charge < -0.3 is 15.5 Å². The molecule has 0 spiro atoms. The summed E-state index contributed by atoms with van der Waals surface area (Å²) in [7, 11) is 4.23. The molecule has 2 N–H and O–H groups in total. The molecule has 0 saturated carbocycles. The normalized spacial score (nSPS) is 20.5. The van der Waals surface area contributed by atoms with Crippen LogP contribution in [-0.4, -0.2) is 62.1 Å². The first-order chi connectivity index (χ1) is 9.43. The van der Waals surface area contributed by atoms with Gasteiger partial charge in [0, 0.05) is 31.4 Å². The van der Waals surface area contributed by atoms with Gasteiger partial charge in [0.25, 0.3) is 0 Å². The summed E-state index contributed by atoms with van der Waals surface area (Å²) in [6.07, 6.45) is 2.70. The number of rotatable bonds is 7. The third kappa shape index (κ3) is 7.39. The third-order valence-corrected chi connectivity index (χ3v) is 4.67. The average Bonchev–Trinajstić information content (AvgIpc) is 2.84. The van der Waals surface area contributed by atoms with Gasteiger partial charge in [0.15, 0.2) is 5.96 Å². The number of nitrogens with zero attached hydrogens (tertiary/aromatic N) is 2. The molecule has 0 amide bonds. The molecular formula is C15H32N4S. The van der Waals surface area contributed by atoms with Gasteiger partial charge in [0.1, 0.15) is 0 Å². The molecule has 1 aliphatic rings. The summed E-state index contributed by atoms with van der Waals surface area (Å²) in [5, 5.41) is 7.60. The largest absolute Gasteiger partial charge is 0.357 e. The van der Waals surface area contributed by atoms with E-state index in [9.17, 15) is 0 Å². The van der Waals surface area contributed by atoms with Crippen molar-refractivity contribution in [2.24, 2.45) is 10.4 Å². The molecule has 4 nitrogen and oxygen atoms in total. The van der Waals surface area contributed by atoms with E-state index in [1.165, 1.54) is 18.6 Å². The minimum atomic E-state index is 0.202. The predicted molar refractivity (Wildman–Crippen MR) is 91.8 cm³/mol. The summed E-state index contributed by atoms with van der Waals surface area (Å²) < 4.78 is 0. The van der Waals surface area contributed by atoms with E-state index in [0.29, 0.717) is 0 Å². The van der Waals surface area contributed by atoms with E-state index in [0.717, 1.165) is 37.4 Å². The number of thioether (sulfide) groups is 1. The van der Waals surface area contributed by atoms with Gasteiger partial charge in [-0.15, -0.1) is 0 Å². The van der Waals surface area contributed by atoms with Crippen molar-refractivity contribution in [2.75, 3.05) is 46.0 Å². The zero-order valence-electron chi connectivity index (χ0n) is 13.8. The van der Waals surface area contributed by atoms with E-state index in [-0.39, 0.29) is 5.41 Å². The number of hydrogen-bond acceptors (Lipinski definition) is 3. The monoisotopic (exact) mass is 300 g/mol. The molecule has 5 heteroatoms. The predicted octanol–water partition coefficient (Wildman–Crippen LogP) is 2.02. The Morgan fingerprint density at radius 1 is 1.35 bits per heavy atom. The molecule has 0 aromatic rings. The Bertz CT molecular complexity index is 296. The summed E-state index contributed by atoms with van der Waals surface area (Å²) in [4.78, 5) is 6.98. The second-order valence-corrected chi connectivity index (χ2v) is 8.02. The highest BCUT2D eigenvalue weighted by molar-refractivity contribution is 8.00. The van der Waals surface area contributed by atoms with Crippen molar-refractivity contribution >= 4 is 17.7 Å². The fourth-order valence-electron chi connectivity index (χ4n) is 2.56. The number of nitrogens with one attached hydrogen (secondary N) is 2. The number of guanidine groups is 1. The quantitative estimate of drug-likeness (QED) is 0.557. The molecule has 0 aromatic carbocycles. The lowest BCUT2D eigenvalue weighted by Crippen LogP contribution is -2.41. The van der Waals surface area contributed by atoms with Crippen molar-refractivity contribution in [3.8, 4) is 0 Å². The molecule has 1 unspecified atom stereocenters. The van der Waals surface area contributed by atoms with Crippen LogP contribution in [0, 0.1) is 5.41 Å². The van der Waals surface area contributed by atoms with Crippen molar-refractivity contribution in [3.63, 3.8) is 0 Å². The highest BCUT2D eigenvalue weighted by Gasteiger charge is 2.19. The molecule has 20 heavy (non-hydrogen) atoms. The third-order valence-electron chi connectivity index (χ3n) is 3.27. The first-order valence-corrected chi connectivity index (χ1v) is 8.76. The minimum Gasteiger partial charge on any atom is -0.357 e. The minimum absolute atomic E-state index is 0.202. The molecule has 0 radical (unpaired) electrons. The van der Waals surface area contributed by atoms with Gasteiger partial charge >= 0.3 is 0 Å². The maximum absolute atomic E-state index is 4.76. The molecule has 1 fully saturated rings. The first-order valence-electron chi connectivity index (χ1n) is 7.71. The van der Waals surface area contributed by atoms with Crippen LogP contribution >= 0.6 is 11.8 Å². The van der Waals surface area contributed by atoms with Gasteiger partial charge in [0.05, 0.1) is 0 Å². The second-order valence-electron chi connectivity index (χ2n) is 6.61. The van der Waals surface area contributed by atoms with Gasteiger partial charge in [-0.25, -0.2) is 0 Å². The van der Waals surface area contributed by atoms with Gasteiger partial charge in [-0.05, 0) is 45.0 Å². The summed E-state index contributed by atoms with van der Waals surface area (Å²) in [5.74, 6) is 2.28. The van der Waals surface area contributed by atoms with Gasteiger partial charge in [0.2, 0.25) is 0 Å². The molecule has 1 atom stereocenters.